The lowest BCUT2D eigenvalue weighted by atomic mass is 10.2. The third-order valence-electron chi connectivity index (χ3n) is 2.92. The molecule has 0 unspecified atom stereocenters. The minimum absolute atomic E-state index is 0.416. The second-order valence-corrected chi connectivity index (χ2v) is 4.76. The highest BCUT2D eigenvalue weighted by atomic mass is 35.5. The summed E-state index contributed by atoms with van der Waals surface area (Å²) in [5, 5.41) is 3.73. The van der Waals surface area contributed by atoms with Crippen molar-refractivity contribution in [1.82, 2.24) is 4.98 Å². The molecule has 0 bridgehead atoms. The molecule has 0 aliphatic carbocycles. The third-order valence-corrected chi connectivity index (χ3v) is 3.33. The first-order valence-electron chi connectivity index (χ1n) is 6.20. The smallest absolute Gasteiger partial charge is 0.338 e. The fraction of sp³-hybridized carbons (Fsp3) is 0.200. The van der Waals surface area contributed by atoms with E-state index in [0.29, 0.717) is 27.8 Å². The number of rotatable bonds is 4. The number of benzene rings is 1. The van der Waals surface area contributed by atoms with Crippen LogP contribution in [0.1, 0.15) is 15.9 Å². The molecular formula is C15H15ClN2O3. The van der Waals surface area contributed by atoms with E-state index in [1.807, 2.05) is 13.0 Å². The number of methoxy groups -OCH3 is 2. The minimum atomic E-state index is -0.417. The first kappa shape index (κ1) is 15.1. The van der Waals surface area contributed by atoms with Crippen LogP contribution >= 0.6 is 11.6 Å². The van der Waals surface area contributed by atoms with Crippen molar-refractivity contribution < 1.29 is 14.3 Å². The molecule has 0 fully saturated rings. The van der Waals surface area contributed by atoms with Crippen molar-refractivity contribution in [3.63, 3.8) is 0 Å². The van der Waals surface area contributed by atoms with Gasteiger partial charge in [0.1, 0.15) is 11.6 Å². The first-order chi connectivity index (χ1) is 10.0. The van der Waals surface area contributed by atoms with Crippen LogP contribution in [0.5, 0.6) is 5.75 Å². The molecule has 0 aliphatic heterocycles. The first-order valence-corrected chi connectivity index (χ1v) is 6.58. The number of anilines is 2. The fourth-order valence-electron chi connectivity index (χ4n) is 1.81. The summed E-state index contributed by atoms with van der Waals surface area (Å²) < 4.78 is 9.97. The lowest BCUT2D eigenvalue weighted by Gasteiger charge is -2.13. The molecular weight excluding hydrogens is 292 g/mol. The van der Waals surface area contributed by atoms with E-state index in [1.165, 1.54) is 13.3 Å². The number of aryl methyl sites for hydroxylation is 1. The summed E-state index contributed by atoms with van der Waals surface area (Å²) in [6.07, 6.45) is 1.53. The van der Waals surface area contributed by atoms with Gasteiger partial charge in [0, 0.05) is 17.3 Å². The van der Waals surface area contributed by atoms with Crippen LogP contribution < -0.4 is 10.1 Å². The van der Waals surface area contributed by atoms with Gasteiger partial charge in [-0.3, -0.25) is 0 Å². The average Bonchev–Trinajstić information content (AvgIpc) is 2.50. The molecule has 1 N–H and O–H groups in total. The van der Waals surface area contributed by atoms with E-state index in [9.17, 15) is 4.79 Å². The highest BCUT2D eigenvalue weighted by molar-refractivity contribution is 6.31. The Morgan fingerprint density at radius 1 is 1.29 bits per heavy atom. The summed E-state index contributed by atoms with van der Waals surface area (Å²) in [5.41, 5.74) is 2.04. The number of nitrogens with one attached hydrogen (secondary N) is 1. The number of pyridine rings is 1. The van der Waals surface area contributed by atoms with Crippen LogP contribution in [0.4, 0.5) is 11.5 Å². The zero-order chi connectivity index (χ0) is 15.4. The SMILES string of the molecule is COC(=O)c1ccnc(Nc2cc(C)c(Cl)cc2OC)c1. The van der Waals surface area contributed by atoms with Gasteiger partial charge < -0.3 is 14.8 Å². The number of carbonyl (C=O) groups is 1. The summed E-state index contributed by atoms with van der Waals surface area (Å²) in [6.45, 7) is 1.89. The van der Waals surface area contributed by atoms with Gasteiger partial charge in [0.15, 0.2) is 0 Å². The van der Waals surface area contributed by atoms with Crippen molar-refractivity contribution in [1.29, 1.82) is 0 Å². The summed E-state index contributed by atoms with van der Waals surface area (Å²) in [7, 11) is 2.89. The van der Waals surface area contributed by atoms with Crippen molar-refractivity contribution >= 4 is 29.1 Å². The predicted molar refractivity (Wildman–Crippen MR) is 81.6 cm³/mol. The number of carbonyl (C=O) groups excluding carboxylic acids is 1. The fourth-order valence-corrected chi connectivity index (χ4v) is 1.97. The quantitative estimate of drug-likeness (QED) is 0.875. The lowest BCUT2D eigenvalue weighted by Crippen LogP contribution is -2.03. The molecule has 0 spiro atoms. The number of esters is 1. The molecule has 0 saturated heterocycles. The van der Waals surface area contributed by atoms with Gasteiger partial charge >= 0.3 is 5.97 Å². The van der Waals surface area contributed by atoms with Gasteiger partial charge in [-0.05, 0) is 30.7 Å². The average molecular weight is 307 g/mol. The van der Waals surface area contributed by atoms with Crippen molar-refractivity contribution in [3.8, 4) is 5.75 Å². The lowest BCUT2D eigenvalue weighted by molar-refractivity contribution is 0.0600. The highest BCUT2D eigenvalue weighted by Gasteiger charge is 2.10. The monoisotopic (exact) mass is 306 g/mol. The molecule has 0 aliphatic rings. The summed E-state index contributed by atoms with van der Waals surface area (Å²) in [4.78, 5) is 15.7. The molecule has 1 heterocycles. The molecule has 5 nitrogen and oxygen atoms in total. The van der Waals surface area contributed by atoms with E-state index in [1.54, 1.807) is 25.3 Å². The van der Waals surface area contributed by atoms with E-state index in [-0.39, 0.29) is 0 Å². The zero-order valence-corrected chi connectivity index (χ0v) is 12.7. The normalized spacial score (nSPS) is 10.1. The van der Waals surface area contributed by atoms with Crippen molar-refractivity contribution in [3.05, 3.63) is 46.6 Å². The minimum Gasteiger partial charge on any atom is -0.495 e. The Kier molecular flexibility index (Phi) is 4.65. The van der Waals surface area contributed by atoms with E-state index in [4.69, 9.17) is 16.3 Å². The summed E-state index contributed by atoms with van der Waals surface area (Å²) in [6, 6.07) is 6.77. The van der Waals surface area contributed by atoms with E-state index in [2.05, 4.69) is 15.0 Å². The molecule has 2 aromatic rings. The Balaban J connectivity index is 2.34. The second-order valence-electron chi connectivity index (χ2n) is 4.35. The number of aromatic nitrogens is 1. The molecule has 0 atom stereocenters. The summed E-state index contributed by atoms with van der Waals surface area (Å²) >= 11 is 6.07. The molecule has 110 valence electrons. The van der Waals surface area contributed by atoms with Crippen LogP contribution in [0.2, 0.25) is 5.02 Å². The van der Waals surface area contributed by atoms with Crippen LogP contribution in [0.3, 0.4) is 0 Å². The molecule has 1 aromatic carbocycles. The van der Waals surface area contributed by atoms with Crippen LogP contribution in [-0.2, 0) is 4.74 Å². The van der Waals surface area contributed by atoms with Crippen molar-refractivity contribution in [2.75, 3.05) is 19.5 Å². The van der Waals surface area contributed by atoms with Gasteiger partial charge in [-0.2, -0.15) is 0 Å². The molecule has 21 heavy (non-hydrogen) atoms. The largest absolute Gasteiger partial charge is 0.495 e. The van der Waals surface area contributed by atoms with Gasteiger partial charge in [-0.15, -0.1) is 0 Å². The Hall–Kier alpha value is -2.27. The zero-order valence-electron chi connectivity index (χ0n) is 11.9. The van der Waals surface area contributed by atoms with E-state index < -0.39 is 5.97 Å². The van der Waals surface area contributed by atoms with E-state index >= 15 is 0 Å². The molecule has 0 saturated carbocycles. The molecule has 1 aromatic heterocycles. The third kappa shape index (κ3) is 3.44. The molecule has 0 amide bonds. The van der Waals surface area contributed by atoms with Gasteiger partial charge in [0.2, 0.25) is 0 Å². The molecule has 0 radical (unpaired) electrons. The number of hydrogen-bond donors (Lipinski definition) is 1. The molecule has 2 rings (SSSR count). The number of nitrogens with zero attached hydrogens (tertiary/aromatic N) is 1. The highest BCUT2D eigenvalue weighted by Crippen LogP contribution is 2.32. The van der Waals surface area contributed by atoms with Crippen LogP contribution in [0.15, 0.2) is 30.5 Å². The van der Waals surface area contributed by atoms with Gasteiger partial charge in [0.25, 0.3) is 0 Å². The van der Waals surface area contributed by atoms with Gasteiger partial charge in [-0.25, -0.2) is 9.78 Å². The molecule has 6 heteroatoms. The Morgan fingerprint density at radius 2 is 2.05 bits per heavy atom. The Bertz CT molecular complexity index is 674. The van der Waals surface area contributed by atoms with Crippen LogP contribution in [-0.4, -0.2) is 25.2 Å². The maximum Gasteiger partial charge on any atom is 0.338 e. The predicted octanol–water partition coefficient (Wildman–Crippen LogP) is 3.58. The Labute approximate surface area is 127 Å². The van der Waals surface area contributed by atoms with Gasteiger partial charge in [-0.1, -0.05) is 11.6 Å². The standard InChI is InChI=1S/C15H15ClN2O3/c1-9-6-12(13(20-2)8-11(9)16)18-14-7-10(4-5-17-14)15(19)21-3/h4-8H,1-3H3,(H,17,18). The van der Waals surface area contributed by atoms with Crippen LogP contribution in [0.25, 0.3) is 0 Å². The second kappa shape index (κ2) is 6.45. The van der Waals surface area contributed by atoms with E-state index in [0.717, 1.165) is 5.56 Å². The maximum absolute atomic E-state index is 11.5. The summed E-state index contributed by atoms with van der Waals surface area (Å²) in [5.74, 6) is 0.688. The maximum atomic E-state index is 11.5. The van der Waals surface area contributed by atoms with Crippen molar-refractivity contribution in [2.24, 2.45) is 0 Å². The van der Waals surface area contributed by atoms with Crippen LogP contribution in [0, 0.1) is 6.92 Å². The number of ether oxygens (including phenoxy) is 2. The number of halogens is 1. The number of hydrogen-bond acceptors (Lipinski definition) is 5. The topological polar surface area (TPSA) is 60.5 Å². The van der Waals surface area contributed by atoms with Crippen molar-refractivity contribution in [2.45, 2.75) is 6.92 Å². The van der Waals surface area contributed by atoms with Gasteiger partial charge in [0.05, 0.1) is 25.5 Å². The Morgan fingerprint density at radius 3 is 2.71 bits per heavy atom.